The van der Waals surface area contributed by atoms with Gasteiger partial charge in [0.1, 0.15) is 5.75 Å². The van der Waals surface area contributed by atoms with Crippen molar-refractivity contribution in [3.8, 4) is 5.75 Å². The maximum Gasteiger partial charge on any atom is 0.309 e. The van der Waals surface area contributed by atoms with Gasteiger partial charge in [0.2, 0.25) is 0 Å². The zero-order chi connectivity index (χ0) is 21.9. The molecule has 0 unspecified atom stereocenters. The van der Waals surface area contributed by atoms with Crippen molar-refractivity contribution in [2.75, 3.05) is 18.5 Å². The lowest BCUT2D eigenvalue weighted by atomic mass is 10.2. The van der Waals surface area contributed by atoms with E-state index in [1.54, 1.807) is 24.3 Å². The summed E-state index contributed by atoms with van der Waals surface area (Å²) in [5, 5.41) is 10.9. The first kappa shape index (κ1) is 21.7. The van der Waals surface area contributed by atoms with Gasteiger partial charge in [0, 0.05) is 5.69 Å². The third kappa shape index (κ3) is 7.74. The second-order valence-electron chi connectivity index (χ2n) is 6.70. The van der Waals surface area contributed by atoms with Gasteiger partial charge in [0.25, 0.3) is 5.91 Å². The van der Waals surface area contributed by atoms with E-state index in [2.05, 4.69) is 15.5 Å². The number of rotatable bonds is 9. The average Bonchev–Trinajstić information content (AvgIpc) is 2.79. The molecule has 0 radical (unpaired) electrons. The van der Waals surface area contributed by atoms with Crippen molar-refractivity contribution in [3.63, 3.8) is 0 Å². The molecule has 3 aromatic carbocycles. The molecule has 0 aliphatic rings. The molecular weight excluding hydrogens is 394 g/mol. The smallest absolute Gasteiger partial charge is 0.309 e. The molecule has 0 heterocycles. The Morgan fingerprint density at radius 3 is 2.16 bits per heavy atom. The van der Waals surface area contributed by atoms with Crippen LogP contribution >= 0.6 is 0 Å². The summed E-state index contributed by atoms with van der Waals surface area (Å²) >= 11 is 0. The van der Waals surface area contributed by atoms with Crippen LogP contribution in [0.2, 0.25) is 0 Å². The number of benzene rings is 3. The maximum absolute atomic E-state index is 12.0. The number of azo groups is 1. The average molecular weight is 417 g/mol. The van der Waals surface area contributed by atoms with Gasteiger partial charge in [-0.3, -0.25) is 9.59 Å². The van der Waals surface area contributed by atoms with Crippen LogP contribution in [0, 0.1) is 6.92 Å². The van der Waals surface area contributed by atoms with Crippen molar-refractivity contribution in [2.45, 2.75) is 13.3 Å². The number of hydrogen-bond acceptors (Lipinski definition) is 6. The molecule has 0 saturated heterocycles. The maximum atomic E-state index is 12.0. The minimum atomic E-state index is -0.501. The fourth-order valence-electron chi connectivity index (χ4n) is 2.52. The predicted octanol–water partition coefficient (Wildman–Crippen LogP) is 5.36. The van der Waals surface area contributed by atoms with E-state index in [0.717, 1.165) is 11.3 Å². The number of anilines is 1. The van der Waals surface area contributed by atoms with Crippen molar-refractivity contribution in [3.05, 3.63) is 84.4 Å². The fraction of sp³-hybridized carbons (Fsp3) is 0.167. The van der Waals surface area contributed by atoms with Crippen molar-refractivity contribution in [1.82, 2.24) is 0 Å². The molecule has 7 nitrogen and oxygen atoms in total. The van der Waals surface area contributed by atoms with Crippen molar-refractivity contribution in [2.24, 2.45) is 10.2 Å². The fourth-order valence-corrected chi connectivity index (χ4v) is 2.52. The summed E-state index contributed by atoms with van der Waals surface area (Å²) in [7, 11) is 0. The van der Waals surface area contributed by atoms with E-state index < -0.39 is 11.9 Å². The van der Waals surface area contributed by atoms with Crippen LogP contribution in [-0.4, -0.2) is 25.1 Å². The quantitative estimate of drug-likeness (QED) is 0.375. The molecule has 158 valence electrons. The summed E-state index contributed by atoms with van der Waals surface area (Å²) in [6.07, 6.45) is 0.0578. The molecule has 0 aliphatic carbocycles. The Bertz CT molecular complexity index is 1020. The van der Waals surface area contributed by atoms with Crippen LogP contribution in [0.25, 0.3) is 0 Å². The Hall–Kier alpha value is -4.00. The molecule has 0 saturated carbocycles. The number of ether oxygens (including phenoxy) is 2. The number of carbonyl (C=O) groups is 2. The van der Waals surface area contributed by atoms with Crippen LogP contribution in [0.3, 0.4) is 0 Å². The number of nitrogens with one attached hydrogen (secondary N) is 1. The molecule has 7 heteroatoms. The molecule has 31 heavy (non-hydrogen) atoms. The zero-order valence-electron chi connectivity index (χ0n) is 17.2. The number of hydrogen-bond donors (Lipinski definition) is 1. The minimum absolute atomic E-state index is 0.0578. The number of nitrogens with zero attached hydrogens (tertiary/aromatic N) is 2. The van der Waals surface area contributed by atoms with E-state index in [1.807, 2.05) is 61.5 Å². The lowest BCUT2D eigenvalue weighted by molar-refractivity contribution is -0.147. The first-order valence-corrected chi connectivity index (χ1v) is 9.80. The highest BCUT2D eigenvalue weighted by Crippen LogP contribution is 2.20. The van der Waals surface area contributed by atoms with E-state index >= 15 is 0 Å². The number of esters is 1. The highest BCUT2D eigenvalue weighted by Gasteiger charge is 2.08. The van der Waals surface area contributed by atoms with Gasteiger partial charge in [0.15, 0.2) is 6.61 Å². The third-order valence-corrected chi connectivity index (χ3v) is 4.15. The van der Waals surface area contributed by atoms with Gasteiger partial charge in [-0.25, -0.2) is 0 Å². The van der Waals surface area contributed by atoms with E-state index in [1.165, 1.54) is 0 Å². The van der Waals surface area contributed by atoms with Crippen LogP contribution in [0.4, 0.5) is 17.1 Å². The predicted molar refractivity (Wildman–Crippen MR) is 118 cm³/mol. The minimum Gasteiger partial charge on any atom is -0.493 e. The van der Waals surface area contributed by atoms with E-state index in [0.29, 0.717) is 17.1 Å². The summed E-state index contributed by atoms with van der Waals surface area (Å²) in [5.41, 5.74) is 3.11. The van der Waals surface area contributed by atoms with Gasteiger partial charge in [0.05, 0.1) is 24.4 Å². The van der Waals surface area contributed by atoms with Crippen molar-refractivity contribution < 1.29 is 19.1 Å². The van der Waals surface area contributed by atoms with Crippen molar-refractivity contribution in [1.29, 1.82) is 0 Å². The number of amides is 1. The van der Waals surface area contributed by atoms with Gasteiger partial charge < -0.3 is 14.8 Å². The Labute approximate surface area is 180 Å². The summed E-state index contributed by atoms with van der Waals surface area (Å²) < 4.78 is 10.5. The molecule has 0 fully saturated rings. The van der Waals surface area contributed by atoms with E-state index in [9.17, 15) is 9.59 Å². The normalized spacial score (nSPS) is 10.6. The lowest BCUT2D eigenvalue weighted by Gasteiger charge is -2.08. The van der Waals surface area contributed by atoms with Gasteiger partial charge in [-0.05, 0) is 55.5 Å². The van der Waals surface area contributed by atoms with E-state index in [4.69, 9.17) is 9.47 Å². The topological polar surface area (TPSA) is 89.3 Å². The summed E-state index contributed by atoms with van der Waals surface area (Å²) in [6.45, 7) is 1.80. The Kier molecular flexibility index (Phi) is 7.88. The largest absolute Gasteiger partial charge is 0.493 e. The SMILES string of the molecule is Cc1ccc(OCCC(=O)OCC(=O)Nc2ccc(N=Nc3ccccc3)cc2)cc1. The van der Waals surface area contributed by atoms with Gasteiger partial charge in [-0.1, -0.05) is 35.9 Å². The molecule has 0 aliphatic heterocycles. The van der Waals surface area contributed by atoms with Crippen LogP contribution in [0.15, 0.2) is 89.1 Å². The lowest BCUT2D eigenvalue weighted by Crippen LogP contribution is -2.21. The number of aryl methyl sites for hydroxylation is 1. The molecular formula is C24H23N3O4. The van der Waals surface area contributed by atoms with E-state index in [-0.39, 0.29) is 19.6 Å². The zero-order valence-corrected chi connectivity index (χ0v) is 17.2. The number of carbonyl (C=O) groups excluding carboxylic acids is 2. The first-order chi connectivity index (χ1) is 15.1. The summed E-state index contributed by atoms with van der Waals surface area (Å²) in [4.78, 5) is 23.8. The van der Waals surface area contributed by atoms with Crippen LogP contribution in [0.5, 0.6) is 5.75 Å². The van der Waals surface area contributed by atoms with Crippen molar-refractivity contribution >= 4 is 28.9 Å². The molecule has 3 aromatic rings. The second kappa shape index (κ2) is 11.3. The van der Waals surface area contributed by atoms with Crippen LogP contribution < -0.4 is 10.1 Å². The molecule has 3 rings (SSSR count). The highest BCUT2D eigenvalue weighted by molar-refractivity contribution is 5.92. The molecule has 0 aromatic heterocycles. The molecule has 1 amide bonds. The van der Waals surface area contributed by atoms with Gasteiger partial charge >= 0.3 is 5.97 Å². The standard InChI is InChI=1S/C24H23N3O4/c1-18-7-13-22(14-8-18)30-16-15-24(29)31-17-23(28)25-19-9-11-21(12-10-19)27-26-20-5-3-2-4-6-20/h2-14H,15-17H2,1H3,(H,25,28). The van der Waals surface area contributed by atoms with Crippen LogP contribution in [-0.2, 0) is 14.3 Å². The Balaban J connectivity index is 1.36. The highest BCUT2D eigenvalue weighted by atomic mass is 16.5. The van der Waals surface area contributed by atoms with Gasteiger partial charge in [-0.15, -0.1) is 0 Å². The molecule has 1 N–H and O–H groups in total. The monoisotopic (exact) mass is 417 g/mol. The van der Waals surface area contributed by atoms with Gasteiger partial charge in [-0.2, -0.15) is 10.2 Å². The molecule has 0 bridgehead atoms. The Morgan fingerprint density at radius 1 is 0.839 bits per heavy atom. The first-order valence-electron chi connectivity index (χ1n) is 9.80. The second-order valence-corrected chi connectivity index (χ2v) is 6.70. The summed E-state index contributed by atoms with van der Waals surface area (Å²) in [6, 6.07) is 23.8. The summed E-state index contributed by atoms with van der Waals surface area (Å²) in [5.74, 6) is -0.242. The molecule has 0 spiro atoms. The third-order valence-electron chi connectivity index (χ3n) is 4.15. The Morgan fingerprint density at radius 2 is 1.48 bits per heavy atom. The molecule has 0 atom stereocenters. The van der Waals surface area contributed by atoms with Crippen LogP contribution in [0.1, 0.15) is 12.0 Å².